The minimum absolute atomic E-state index is 0.0381. The first-order chi connectivity index (χ1) is 15.5. The van der Waals surface area contributed by atoms with E-state index in [4.69, 9.17) is 18.6 Å². The van der Waals surface area contributed by atoms with Gasteiger partial charge in [-0.1, -0.05) is 18.2 Å². The molecule has 170 valence electrons. The fourth-order valence-corrected chi connectivity index (χ4v) is 3.46. The molecule has 0 aliphatic carbocycles. The largest absolute Gasteiger partial charge is 0.493 e. The Kier molecular flexibility index (Phi) is 7.54. The lowest BCUT2D eigenvalue weighted by Crippen LogP contribution is -2.30. The zero-order valence-corrected chi connectivity index (χ0v) is 18.3. The summed E-state index contributed by atoms with van der Waals surface area (Å²) in [6, 6.07) is 11.7. The number of aryl methyl sites for hydroxylation is 1. The number of hydrogen-bond acceptors (Lipinski definition) is 7. The van der Waals surface area contributed by atoms with Gasteiger partial charge in [-0.3, -0.25) is 14.2 Å². The van der Waals surface area contributed by atoms with E-state index in [1.165, 1.54) is 25.9 Å². The smallest absolute Gasteiger partial charge is 0.419 e. The van der Waals surface area contributed by atoms with Gasteiger partial charge in [0.2, 0.25) is 5.91 Å². The maximum atomic E-state index is 12.6. The highest BCUT2D eigenvalue weighted by molar-refractivity contribution is 5.78. The van der Waals surface area contributed by atoms with Gasteiger partial charge in [0.05, 0.1) is 39.3 Å². The minimum atomic E-state index is -0.604. The first-order valence-corrected chi connectivity index (χ1v) is 10.1. The summed E-state index contributed by atoms with van der Waals surface area (Å²) in [6.45, 7) is 0.335. The van der Waals surface area contributed by atoms with E-state index in [0.29, 0.717) is 41.1 Å². The van der Waals surface area contributed by atoms with Gasteiger partial charge in [0.15, 0.2) is 17.1 Å². The van der Waals surface area contributed by atoms with Gasteiger partial charge in [0.1, 0.15) is 0 Å². The molecular weight excluding hydrogens is 416 g/mol. The predicted molar refractivity (Wildman–Crippen MR) is 117 cm³/mol. The average Bonchev–Trinajstić information content (AvgIpc) is 3.13. The summed E-state index contributed by atoms with van der Waals surface area (Å²) in [5.41, 5.74) is 1.87. The van der Waals surface area contributed by atoms with E-state index < -0.39 is 17.8 Å². The number of carbonyl (C=O) groups excluding carboxylic acids is 2. The van der Waals surface area contributed by atoms with E-state index in [-0.39, 0.29) is 18.7 Å². The van der Waals surface area contributed by atoms with Crippen molar-refractivity contribution in [3.63, 3.8) is 0 Å². The number of nitrogens with one attached hydrogen (secondary N) is 1. The minimum Gasteiger partial charge on any atom is -0.493 e. The Hall–Kier alpha value is -3.75. The van der Waals surface area contributed by atoms with Crippen LogP contribution in [0.25, 0.3) is 11.1 Å². The van der Waals surface area contributed by atoms with Crippen LogP contribution in [0.4, 0.5) is 0 Å². The van der Waals surface area contributed by atoms with Crippen LogP contribution in [0.3, 0.4) is 0 Å². The first kappa shape index (κ1) is 22.9. The molecule has 0 fully saturated rings. The van der Waals surface area contributed by atoms with Crippen LogP contribution in [0.1, 0.15) is 30.9 Å². The third-order valence-electron chi connectivity index (χ3n) is 5.10. The van der Waals surface area contributed by atoms with E-state index in [0.717, 1.165) is 0 Å². The zero-order chi connectivity index (χ0) is 23.1. The standard InChI is InChI=1S/C23H26N2O7/c1-29-19-11-10-15(13-20(19)30-2)16(14-22(27)31-3)24-21(26)9-6-12-25-17-7-4-5-8-18(17)32-23(25)28/h4-5,7-8,10-11,13,16H,6,9,12,14H2,1-3H3,(H,24,26)/t16-/m1/s1. The number of fused-ring (bicyclic) bond motifs is 1. The second-order valence-electron chi connectivity index (χ2n) is 7.11. The molecule has 3 rings (SSSR count). The molecule has 9 heteroatoms. The van der Waals surface area contributed by atoms with Crippen LogP contribution in [0.2, 0.25) is 0 Å². The van der Waals surface area contributed by atoms with Gasteiger partial charge in [-0.05, 0) is 36.2 Å². The highest BCUT2D eigenvalue weighted by Gasteiger charge is 2.21. The molecule has 1 N–H and O–H groups in total. The van der Waals surface area contributed by atoms with Crippen molar-refractivity contribution < 1.29 is 28.2 Å². The van der Waals surface area contributed by atoms with Gasteiger partial charge in [0, 0.05) is 13.0 Å². The van der Waals surface area contributed by atoms with Crippen LogP contribution in [0.5, 0.6) is 11.5 Å². The molecule has 2 aromatic carbocycles. The third-order valence-corrected chi connectivity index (χ3v) is 5.10. The van der Waals surface area contributed by atoms with E-state index in [9.17, 15) is 14.4 Å². The Bertz CT molecular complexity index is 1150. The fourth-order valence-electron chi connectivity index (χ4n) is 3.46. The molecule has 1 aromatic heterocycles. The summed E-state index contributed by atoms with van der Waals surface area (Å²) in [5, 5.41) is 2.87. The number of carbonyl (C=O) groups is 2. The van der Waals surface area contributed by atoms with Crippen molar-refractivity contribution >= 4 is 23.0 Å². The summed E-state index contributed by atoms with van der Waals surface area (Å²) in [5.74, 6) is -0.144. The van der Waals surface area contributed by atoms with E-state index in [2.05, 4.69) is 5.32 Å². The number of ether oxygens (including phenoxy) is 3. The van der Waals surface area contributed by atoms with Crippen LogP contribution < -0.4 is 20.5 Å². The normalized spacial score (nSPS) is 11.7. The number of hydrogen-bond donors (Lipinski definition) is 1. The van der Waals surface area contributed by atoms with Crippen molar-refractivity contribution in [2.45, 2.75) is 31.8 Å². The molecule has 0 bridgehead atoms. The summed E-state index contributed by atoms with van der Waals surface area (Å²) in [4.78, 5) is 36.6. The predicted octanol–water partition coefficient (Wildman–Crippen LogP) is 2.81. The maximum Gasteiger partial charge on any atom is 0.419 e. The van der Waals surface area contributed by atoms with Crippen molar-refractivity contribution in [3.8, 4) is 11.5 Å². The van der Waals surface area contributed by atoms with Crippen molar-refractivity contribution in [1.82, 2.24) is 9.88 Å². The van der Waals surface area contributed by atoms with Gasteiger partial charge in [-0.15, -0.1) is 0 Å². The van der Waals surface area contributed by atoms with Crippen LogP contribution in [0.15, 0.2) is 51.7 Å². The summed E-state index contributed by atoms with van der Waals surface area (Å²) < 4.78 is 22.1. The van der Waals surface area contributed by atoms with Crippen LogP contribution in [-0.2, 0) is 20.9 Å². The molecular formula is C23H26N2O7. The molecule has 0 spiro atoms. The van der Waals surface area contributed by atoms with Crippen LogP contribution in [0, 0.1) is 0 Å². The lowest BCUT2D eigenvalue weighted by molar-refractivity contribution is -0.141. The molecule has 3 aromatic rings. The average molecular weight is 442 g/mol. The molecule has 0 aliphatic heterocycles. The van der Waals surface area contributed by atoms with Gasteiger partial charge < -0.3 is 23.9 Å². The quantitative estimate of drug-likeness (QED) is 0.481. The molecule has 9 nitrogen and oxygen atoms in total. The number of benzene rings is 2. The molecule has 0 saturated heterocycles. The van der Waals surface area contributed by atoms with Gasteiger partial charge in [0.25, 0.3) is 0 Å². The van der Waals surface area contributed by atoms with Crippen molar-refractivity contribution in [2.24, 2.45) is 0 Å². The molecule has 32 heavy (non-hydrogen) atoms. The van der Waals surface area contributed by atoms with Gasteiger partial charge in [-0.2, -0.15) is 0 Å². The second kappa shape index (κ2) is 10.5. The monoisotopic (exact) mass is 442 g/mol. The highest BCUT2D eigenvalue weighted by atomic mass is 16.5. The lowest BCUT2D eigenvalue weighted by Gasteiger charge is -2.20. The molecule has 1 amide bonds. The number of esters is 1. The maximum absolute atomic E-state index is 12.6. The van der Waals surface area contributed by atoms with Crippen molar-refractivity contribution in [3.05, 3.63) is 58.6 Å². The Morgan fingerprint density at radius 1 is 1.06 bits per heavy atom. The third kappa shape index (κ3) is 5.29. The van der Waals surface area contributed by atoms with E-state index in [1.54, 1.807) is 36.4 Å². The highest BCUT2D eigenvalue weighted by Crippen LogP contribution is 2.31. The Morgan fingerprint density at radius 2 is 1.81 bits per heavy atom. The number of aromatic nitrogens is 1. The summed E-state index contributed by atoms with van der Waals surface area (Å²) in [6.07, 6.45) is 0.548. The molecule has 1 atom stereocenters. The molecule has 0 radical (unpaired) electrons. The topological polar surface area (TPSA) is 109 Å². The zero-order valence-electron chi connectivity index (χ0n) is 18.3. The molecule has 1 heterocycles. The van der Waals surface area contributed by atoms with Crippen LogP contribution >= 0.6 is 0 Å². The Morgan fingerprint density at radius 3 is 2.53 bits per heavy atom. The second-order valence-corrected chi connectivity index (χ2v) is 7.11. The SMILES string of the molecule is COC(=O)C[C@@H](NC(=O)CCCn1c(=O)oc2ccccc21)c1ccc(OC)c(OC)c1. The van der Waals surface area contributed by atoms with Gasteiger partial charge in [-0.25, -0.2) is 4.79 Å². The van der Waals surface area contributed by atoms with E-state index >= 15 is 0 Å². The van der Waals surface area contributed by atoms with Gasteiger partial charge >= 0.3 is 11.7 Å². The van der Waals surface area contributed by atoms with Crippen LogP contribution in [-0.4, -0.2) is 37.8 Å². The Balaban J connectivity index is 1.68. The number of methoxy groups -OCH3 is 3. The summed E-state index contributed by atoms with van der Waals surface area (Å²) >= 11 is 0. The number of amides is 1. The number of para-hydroxylation sites is 2. The number of oxazole rings is 1. The summed E-state index contributed by atoms with van der Waals surface area (Å²) in [7, 11) is 4.33. The molecule has 0 aliphatic rings. The van der Waals surface area contributed by atoms with Crippen molar-refractivity contribution in [1.29, 1.82) is 0 Å². The van der Waals surface area contributed by atoms with E-state index in [1.807, 2.05) is 6.07 Å². The number of nitrogens with zero attached hydrogens (tertiary/aromatic N) is 1. The molecule has 0 unspecified atom stereocenters. The fraction of sp³-hybridized carbons (Fsp3) is 0.348. The lowest BCUT2D eigenvalue weighted by atomic mass is 10.0. The Labute approximate surface area is 184 Å². The van der Waals surface area contributed by atoms with Crippen molar-refractivity contribution in [2.75, 3.05) is 21.3 Å². The number of rotatable bonds is 10. The first-order valence-electron chi connectivity index (χ1n) is 10.1. The molecule has 0 saturated carbocycles.